The van der Waals surface area contributed by atoms with Gasteiger partial charge in [-0.3, -0.25) is 4.79 Å². The lowest BCUT2D eigenvalue weighted by Gasteiger charge is -2.38. The van der Waals surface area contributed by atoms with Gasteiger partial charge in [-0.15, -0.1) is 6.58 Å². The minimum absolute atomic E-state index is 0.253. The summed E-state index contributed by atoms with van der Waals surface area (Å²) in [6.07, 6.45) is 9.68. The number of halogens is 3. The van der Waals surface area contributed by atoms with E-state index < -0.39 is 0 Å². The van der Waals surface area contributed by atoms with Crippen molar-refractivity contribution in [1.82, 2.24) is 9.80 Å². The molecule has 2 aliphatic heterocycles. The SMILES string of the molecule is C/C(Br)=C\N.C=CCC(c1c(Br)cc(Cl)cc1CC)C1CCN(C(=O)CC2CCN(C(N)=O)CC2)CC1. The molecule has 6 nitrogen and oxygen atoms in total. The van der Waals surface area contributed by atoms with Crippen molar-refractivity contribution in [1.29, 1.82) is 0 Å². The monoisotopic (exact) mass is 658 g/mol. The Bertz CT molecular complexity index is 952. The number of hydrogen-bond donors (Lipinski definition) is 2. The minimum Gasteiger partial charge on any atom is -0.404 e. The molecule has 4 N–H and O–H groups in total. The second-order valence-electron chi connectivity index (χ2n) is 9.89. The van der Waals surface area contributed by atoms with Crippen LogP contribution in [-0.4, -0.2) is 47.9 Å². The normalized spacial score (nSPS) is 18.1. The number of carbonyl (C=O) groups is 2. The molecule has 37 heavy (non-hydrogen) atoms. The van der Waals surface area contributed by atoms with Gasteiger partial charge < -0.3 is 21.3 Å². The van der Waals surface area contributed by atoms with Crippen LogP contribution in [0.5, 0.6) is 0 Å². The van der Waals surface area contributed by atoms with Crippen molar-refractivity contribution in [3.63, 3.8) is 0 Å². The third-order valence-electron chi connectivity index (χ3n) is 7.43. The second-order valence-corrected chi connectivity index (χ2v) is 12.4. The summed E-state index contributed by atoms with van der Waals surface area (Å²) in [6.45, 7) is 11.0. The highest BCUT2D eigenvalue weighted by Gasteiger charge is 2.32. The molecule has 1 aromatic carbocycles. The van der Waals surface area contributed by atoms with Crippen molar-refractivity contribution in [2.45, 2.75) is 64.7 Å². The number of allylic oxidation sites excluding steroid dienone is 2. The first-order valence-electron chi connectivity index (χ1n) is 13.1. The highest BCUT2D eigenvalue weighted by Crippen LogP contribution is 2.42. The van der Waals surface area contributed by atoms with E-state index in [4.69, 9.17) is 23.1 Å². The molecule has 1 unspecified atom stereocenters. The number of nitrogens with zero attached hydrogens (tertiary/aromatic N) is 2. The fourth-order valence-corrected chi connectivity index (χ4v) is 6.52. The summed E-state index contributed by atoms with van der Waals surface area (Å²) in [5, 5.41) is 0.761. The lowest BCUT2D eigenvalue weighted by atomic mass is 9.76. The van der Waals surface area contributed by atoms with Crippen molar-refractivity contribution in [2.24, 2.45) is 23.3 Å². The molecule has 0 aromatic heterocycles. The number of amides is 3. The maximum absolute atomic E-state index is 12.9. The number of piperidine rings is 2. The van der Waals surface area contributed by atoms with E-state index in [0.29, 0.717) is 37.3 Å². The number of nitrogens with two attached hydrogens (primary N) is 2. The highest BCUT2D eigenvalue weighted by atomic mass is 79.9. The zero-order chi connectivity index (χ0) is 27.5. The van der Waals surface area contributed by atoms with Gasteiger partial charge in [-0.25, -0.2) is 4.79 Å². The molecule has 0 bridgehead atoms. The molecule has 2 aliphatic rings. The quantitative estimate of drug-likeness (QED) is 0.310. The number of carbonyl (C=O) groups excluding carboxylic acids is 2. The number of likely N-dealkylation sites (tertiary alicyclic amines) is 2. The number of aryl methyl sites for hydroxylation is 1. The summed E-state index contributed by atoms with van der Waals surface area (Å²) < 4.78 is 2.05. The number of primary amides is 1. The summed E-state index contributed by atoms with van der Waals surface area (Å²) in [5.41, 5.74) is 13.0. The predicted molar refractivity (Wildman–Crippen MR) is 161 cm³/mol. The maximum Gasteiger partial charge on any atom is 0.314 e. The van der Waals surface area contributed by atoms with E-state index in [2.05, 4.69) is 51.4 Å². The van der Waals surface area contributed by atoms with Crippen LogP contribution in [0, 0.1) is 11.8 Å². The molecule has 2 fully saturated rings. The predicted octanol–water partition coefficient (Wildman–Crippen LogP) is 6.95. The molecule has 1 aromatic rings. The van der Waals surface area contributed by atoms with Gasteiger partial charge in [-0.1, -0.05) is 56.5 Å². The summed E-state index contributed by atoms with van der Waals surface area (Å²) >= 11 is 13.2. The average Bonchev–Trinajstić information content (AvgIpc) is 2.88. The summed E-state index contributed by atoms with van der Waals surface area (Å²) in [5.74, 6) is 1.49. The molecule has 0 aliphatic carbocycles. The molecular weight excluding hydrogens is 620 g/mol. The molecule has 3 rings (SSSR count). The van der Waals surface area contributed by atoms with Gasteiger partial charge in [0.15, 0.2) is 0 Å². The molecular formula is C28H41Br2ClN4O2. The molecule has 2 heterocycles. The Balaban J connectivity index is 0.000000877. The fourth-order valence-electron chi connectivity index (χ4n) is 5.36. The minimum atomic E-state index is -0.357. The van der Waals surface area contributed by atoms with Crippen LogP contribution in [0.2, 0.25) is 5.02 Å². The van der Waals surface area contributed by atoms with Gasteiger partial charge in [0.1, 0.15) is 0 Å². The topological polar surface area (TPSA) is 92.7 Å². The van der Waals surface area contributed by atoms with Gasteiger partial charge in [-0.05, 0) is 86.5 Å². The van der Waals surface area contributed by atoms with E-state index in [-0.39, 0.29) is 11.9 Å². The third-order valence-corrected chi connectivity index (χ3v) is 8.57. The highest BCUT2D eigenvalue weighted by molar-refractivity contribution is 9.11. The molecule has 9 heteroatoms. The van der Waals surface area contributed by atoms with Gasteiger partial charge >= 0.3 is 6.03 Å². The van der Waals surface area contributed by atoms with Gasteiger partial charge in [0, 0.05) is 52.8 Å². The largest absolute Gasteiger partial charge is 0.404 e. The fraction of sp³-hybridized carbons (Fsp3) is 0.571. The lowest BCUT2D eigenvalue weighted by Crippen LogP contribution is -2.44. The number of urea groups is 1. The zero-order valence-corrected chi connectivity index (χ0v) is 26.0. The van der Waals surface area contributed by atoms with Crippen LogP contribution in [-0.2, 0) is 11.2 Å². The van der Waals surface area contributed by atoms with Gasteiger partial charge in [0.05, 0.1) is 0 Å². The van der Waals surface area contributed by atoms with Gasteiger partial charge in [0.2, 0.25) is 5.91 Å². The summed E-state index contributed by atoms with van der Waals surface area (Å²) in [7, 11) is 0. The van der Waals surface area contributed by atoms with Crippen LogP contribution in [0.25, 0.3) is 0 Å². The van der Waals surface area contributed by atoms with E-state index in [1.807, 2.05) is 24.0 Å². The van der Waals surface area contributed by atoms with Crippen molar-refractivity contribution in [3.8, 4) is 0 Å². The molecule has 0 radical (unpaired) electrons. The Morgan fingerprint density at radius 1 is 1.16 bits per heavy atom. The Labute approximate surface area is 244 Å². The van der Waals surface area contributed by atoms with E-state index in [0.717, 1.165) is 65.6 Å². The first-order valence-corrected chi connectivity index (χ1v) is 15.0. The van der Waals surface area contributed by atoms with E-state index in [1.54, 1.807) is 4.90 Å². The average molecular weight is 661 g/mol. The van der Waals surface area contributed by atoms with Crippen molar-refractivity contribution in [2.75, 3.05) is 26.2 Å². The molecule has 1 atom stereocenters. The van der Waals surface area contributed by atoms with Crippen molar-refractivity contribution < 1.29 is 9.59 Å². The Hall–Kier alpha value is -1.51. The number of benzene rings is 1. The zero-order valence-electron chi connectivity index (χ0n) is 22.0. The number of rotatable bonds is 7. The standard InChI is InChI=1S/C25H35BrClN3O2.C3H6BrN/c1-3-5-21(24-18(4-2)15-20(27)16-22(24)26)19-8-12-29(13-9-19)23(31)14-17-6-10-30(11-7-17)25(28)32;1-3(4)2-5/h3,15-17,19,21H,1,4-14H2,2H3,(H2,28,32);2H,5H2,1H3/b;3-2+. The third kappa shape index (κ3) is 9.63. The van der Waals surface area contributed by atoms with Crippen molar-refractivity contribution >= 4 is 55.4 Å². The lowest BCUT2D eigenvalue weighted by molar-refractivity contribution is -0.134. The van der Waals surface area contributed by atoms with E-state index >= 15 is 0 Å². The summed E-state index contributed by atoms with van der Waals surface area (Å²) in [6, 6.07) is 3.72. The van der Waals surface area contributed by atoms with Crippen LogP contribution >= 0.6 is 43.5 Å². The van der Waals surface area contributed by atoms with Crippen LogP contribution < -0.4 is 11.5 Å². The molecule has 2 saturated heterocycles. The maximum atomic E-state index is 12.9. The Morgan fingerprint density at radius 3 is 2.22 bits per heavy atom. The van der Waals surface area contributed by atoms with Crippen LogP contribution in [0.4, 0.5) is 4.79 Å². The van der Waals surface area contributed by atoms with Crippen LogP contribution in [0.1, 0.15) is 69.4 Å². The van der Waals surface area contributed by atoms with Gasteiger partial charge in [-0.2, -0.15) is 0 Å². The molecule has 3 amide bonds. The Kier molecular flexibility index (Phi) is 13.5. The van der Waals surface area contributed by atoms with Crippen molar-refractivity contribution in [3.05, 3.63) is 56.1 Å². The summed E-state index contributed by atoms with van der Waals surface area (Å²) in [4.78, 5) is 27.9. The van der Waals surface area contributed by atoms with Crippen LogP contribution in [0.15, 0.2) is 39.9 Å². The first-order chi connectivity index (χ1) is 17.6. The first kappa shape index (κ1) is 31.7. The van der Waals surface area contributed by atoms with E-state index in [1.165, 1.54) is 17.3 Å². The Morgan fingerprint density at radius 2 is 1.73 bits per heavy atom. The second kappa shape index (κ2) is 15.8. The number of hydrogen-bond acceptors (Lipinski definition) is 3. The smallest absolute Gasteiger partial charge is 0.314 e. The van der Waals surface area contributed by atoms with E-state index in [9.17, 15) is 9.59 Å². The molecule has 0 saturated carbocycles. The molecule has 206 valence electrons. The van der Waals surface area contributed by atoms with Gasteiger partial charge in [0.25, 0.3) is 0 Å². The molecule has 0 spiro atoms. The van der Waals surface area contributed by atoms with Crippen LogP contribution in [0.3, 0.4) is 0 Å².